The van der Waals surface area contributed by atoms with E-state index < -0.39 is 16.7 Å². The number of rotatable bonds is 8. The fourth-order valence-electron chi connectivity index (χ4n) is 2.57. The maximum absolute atomic E-state index is 12.9. The number of nitrogens with zero attached hydrogens (tertiary/aromatic N) is 2. The molecule has 0 aliphatic heterocycles. The van der Waals surface area contributed by atoms with Gasteiger partial charge in [-0.3, -0.25) is 19.7 Å². The van der Waals surface area contributed by atoms with Gasteiger partial charge in [0.05, 0.1) is 24.6 Å². The second-order valence-corrected chi connectivity index (χ2v) is 5.98. The molecule has 1 aromatic carbocycles. The average molecular weight is 350 g/mol. The molecule has 1 aliphatic carbocycles. The standard InChI is InChI=1S/C17H22N2O6/c1-4-25-17(21)11(2)10-18(12-5-6-12)16(20)14-9-13(24-3)7-8-15(14)19(22)23/h7-9,11-12H,4-6,10H2,1-3H3. The van der Waals surface area contributed by atoms with Gasteiger partial charge in [0.2, 0.25) is 0 Å². The average Bonchev–Trinajstić information content (AvgIpc) is 3.43. The molecule has 8 heteroatoms. The predicted molar refractivity (Wildman–Crippen MR) is 89.5 cm³/mol. The Hall–Kier alpha value is -2.64. The van der Waals surface area contributed by atoms with Gasteiger partial charge in [-0.2, -0.15) is 0 Å². The van der Waals surface area contributed by atoms with E-state index >= 15 is 0 Å². The highest BCUT2D eigenvalue weighted by atomic mass is 16.6. The van der Waals surface area contributed by atoms with Crippen LogP contribution in [0.5, 0.6) is 5.75 Å². The summed E-state index contributed by atoms with van der Waals surface area (Å²) in [5, 5.41) is 11.3. The van der Waals surface area contributed by atoms with Crippen molar-refractivity contribution in [2.24, 2.45) is 5.92 Å². The second-order valence-electron chi connectivity index (χ2n) is 5.98. The van der Waals surface area contributed by atoms with Crippen LogP contribution in [0.15, 0.2) is 18.2 Å². The number of hydrogen-bond acceptors (Lipinski definition) is 6. The molecule has 0 N–H and O–H groups in total. The minimum absolute atomic E-state index is 0.00446. The third-order valence-electron chi connectivity index (χ3n) is 4.04. The van der Waals surface area contributed by atoms with Gasteiger partial charge < -0.3 is 14.4 Å². The third kappa shape index (κ3) is 4.46. The van der Waals surface area contributed by atoms with E-state index in [0.29, 0.717) is 5.75 Å². The summed E-state index contributed by atoms with van der Waals surface area (Å²) in [6, 6.07) is 4.06. The first-order valence-electron chi connectivity index (χ1n) is 8.19. The smallest absolute Gasteiger partial charge is 0.310 e. The maximum Gasteiger partial charge on any atom is 0.310 e. The topological polar surface area (TPSA) is 99.0 Å². The van der Waals surface area contributed by atoms with E-state index in [-0.39, 0.29) is 36.4 Å². The Morgan fingerprint density at radius 2 is 2.08 bits per heavy atom. The van der Waals surface area contributed by atoms with Crippen molar-refractivity contribution in [3.8, 4) is 5.75 Å². The van der Waals surface area contributed by atoms with Crippen molar-refractivity contribution in [3.63, 3.8) is 0 Å². The van der Waals surface area contributed by atoms with E-state index in [1.807, 2.05) is 0 Å². The largest absolute Gasteiger partial charge is 0.497 e. The first-order valence-corrected chi connectivity index (χ1v) is 8.19. The summed E-state index contributed by atoms with van der Waals surface area (Å²) in [6.07, 6.45) is 1.64. The predicted octanol–water partition coefficient (Wildman–Crippen LogP) is 2.41. The molecule has 1 aromatic rings. The summed E-state index contributed by atoms with van der Waals surface area (Å²) < 4.78 is 10.1. The number of amides is 1. The number of carbonyl (C=O) groups excluding carboxylic acids is 2. The lowest BCUT2D eigenvalue weighted by molar-refractivity contribution is -0.385. The number of benzene rings is 1. The van der Waals surface area contributed by atoms with Crippen LogP contribution < -0.4 is 4.74 Å². The van der Waals surface area contributed by atoms with E-state index in [2.05, 4.69) is 0 Å². The number of nitro groups is 1. The lowest BCUT2D eigenvalue weighted by Gasteiger charge is -2.25. The molecule has 1 amide bonds. The van der Waals surface area contributed by atoms with Gasteiger partial charge in [-0.05, 0) is 31.9 Å². The second kappa shape index (κ2) is 7.96. The molecule has 0 aromatic heterocycles. The first kappa shape index (κ1) is 18.7. The molecule has 1 saturated carbocycles. The van der Waals surface area contributed by atoms with E-state index in [4.69, 9.17) is 9.47 Å². The van der Waals surface area contributed by atoms with Crippen LogP contribution in [0.3, 0.4) is 0 Å². The Balaban J connectivity index is 2.28. The van der Waals surface area contributed by atoms with Crippen LogP contribution in [0.2, 0.25) is 0 Å². The van der Waals surface area contributed by atoms with Gasteiger partial charge in [0.25, 0.3) is 11.6 Å². The molecule has 1 fully saturated rings. The lowest BCUT2D eigenvalue weighted by Crippen LogP contribution is -2.39. The Morgan fingerprint density at radius 3 is 2.60 bits per heavy atom. The zero-order valence-electron chi connectivity index (χ0n) is 14.6. The molecular weight excluding hydrogens is 328 g/mol. The van der Waals surface area contributed by atoms with Gasteiger partial charge in [0, 0.05) is 18.7 Å². The molecule has 1 atom stereocenters. The Labute approximate surface area is 145 Å². The van der Waals surface area contributed by atoms with Gasteiger partial charge in [-0.25, -0.2) is 0 Å². The Morgan fingerprint density at radius 1 is 1.40 bits per heavy atom. The summed E-state index contributed by atoms with van der Waals surface area (Å²) in [7, 11) is 1.43. The number of nitro benzene ring substituents is 1. The fraction of sp³-hybridized carbons (Fsp3) is 0.529. The SMILES string of the molecule is CCOC(=O)C(C)CN(C(=O)c1cc(OC)ccc1[N+](=O)[O-])C1CC1. The number of ether oxygens (including phenoxy) is 2. The molecule has 0 heterocycles. The molecule has 136 valence electrons. The van der Waals surface area contributed by atoms with E-state index in [1.54, 1.807) is 13.8 Å². The van der Waals surface area contributed by atoms with Crippen LogP contribution in [0.4, 0.5) is 5.69 Å². The van der Waals surface area contributed by atoms with Crippen LogP contribution >= 0.6 is 0 Å². The van der Waals surface area contributed by atoms with Gasteiger partial charge >= 0.3 is 5.97 Å². The van der Waals surface area contributed by atoms with E-state index in [0.717, 1.165) is 12.8 Å². The summed E-state index contributed by atoms with van der Waals surface area (Å²) in [6.45, 7) is 3.83. The summed E-state index contributed by atoms with van der Waals surface area (Å²) in [5.41, 5.74) is -0.312. The molecular formula is C17H22N2O6. The third-order valence-corrected chi connectivity index (χ3v) is 4.04. The molecule has 1 unspecified atom stereocenters. The van der Waals surface area contributed by atoms with Crippen molar-refractivity contribution in [2.75, 3.05) is 20.3 Å². The molecule has 0 spiro atoms. The van der Waals surface area contributed by atoms with Crippen molar-refractivity contribution >= 4 is 17.6 Å². The monoisotopic (exact) mass is 350 g/mol. The van der Waals surface area contributed by atoms with Crippen LogP contribution in [0.25, 0.3) is 0 Å². The van der Waals surface area contributed by atoms with Crippen molar-refractivity contribution < 1.29 is 24.0 Å². The quantitative estimate of drug-likeness (QED) is 0.405. The van der Waals surface area contributed by atoms with E-state index in [1.165, 1.54) is 30.2 Å². The molecule has 25 heavy (non-hydrogen) atoms. The normalized spacial score (nSPS) is 14.5. The van der Waals surface area contributed by atoms with Crippen molar-refractivity contribution in [3.05, 3.63) is 33.9 Å². The summed E-state index contributed by atoms with van der Waals surface area (Å²) in [5.74, 6) is -0.998. The fourth-order valence-corrected chi connectivity index (χ4v) is 2.57. The van der Waals surface area contributed by atoms with Crippen LogP contribution in [0.1, 0.15) is 37.0 Å². The highest BCUT2D eigenvalue weighted by Crippen LogP contribution is 2.32. The van der Waals surface area contributed by atoms with Crippen LogP contribution in [0, 0.1) is 16.0 Å². The lowest BCUT2D eigenvalue weighted by atomic mass is 10.1. The molecule has 0 saturated heterocycles. The summed E-state index contributed by atoms with van der Waals surface area (Å²) >= 11 is 0. The van der Waals surface area contributed by atoms with Gasteiger partial charge in [0.15, 0.2) is 0 Å². The molecule has 8 nitrogen and oxygen atoms in total. The number of carbonyl (C=O) groups is 2. The summed E-state index contributed by atoms with van der Waals surface area (Å²) in [4.78, 5) is 37.0. The van der Waals surface area contributed by atoms with Crippen molar-refractivity contribution in [1.82, 2.24) is 4.90 Å². The minimum Gasteiger partial charge on any atom is -0.497 e. The molecule has 0 radical (unpaired) electrons. The van der Waals surface area contributed by atoms with Gasteiger partial charge in [-0.15, -0.1) is 0 Å². The van der Waals surface area contributed by atoms with Crippen molar-refractivity contribution in [1.29, 1.82) is 0 Å². The Kier molecular flexibility index (Phi) is 5.95. The molecule has 2 rings (SSSR count). The van der Waals surface area contributed by atoms with Crippen LogP contribution in [-0.2, 0) is 9.53 Å². The molecule has 0 bridgehead atoms. The number of esters is 1. The van der Waals surface area contributed by atoms with Crippen molar-refractivity contribution in [2.45, 2.75) is 32.7 Å². The number of hydrogen-bond donors (Lipinski definition) is 0. The zero-order chi connectivity index (χ0) is 18.6. The molecule has 1 aliphatic rings. The first-order chi connectivity index (χ1) is 11.9. The maximum atomic E-state index is 12.9. The zero-order valence-corrected chi connectivity index (χ0v) is 14.6. The van der Waals surface area contributed by atoms with E-state index in [9.17, 15) is 19.7 Å². The number of methoxy groups -OCH3 is 1. The van der Waals surface area contributed by atoms with Gasteiger partial charge in [-0.1, -0.05) is 6.92 Å². The highest BCUT2D eigenvalue weighted by Gasteiger charge is 2.37. The highest BCUT2D eigenvalue weighted by molar-refractivity contribution is 5.99. The minimum atomic E-state index is -0.591. The van der Waals surface area contributed by atoms with Gasteiger partial charge in [0.1, 0.15) is 11.3 Å². The van der Waals surface area contributed by atoms with Crippen LogP contribution in [-0.4, -0.2) is 48.0 Å². The Bertz CT molecular complexity index is 671.